The van der Waals surface area contributed by atoms with Gasteiger partial charge in [0, 0.05) is 12.3 Å². The molecule has 0 aromatic rings. The van der Waals surface area contributed by atoms with Crippen molar-refractivity contribution >= 4 is 5.78 Å². The van der Waals surface area contributed by atoms with Gasteiger partial charge in [-0.1, -0.05) is 20.3 Å². The lowest BCUT2D eigenvalue weighted by atomic mass is 9.94. The zero-order chi connectivity index (χ0) is 10.1. The van der Waals surface area contributed by atoms with E-state index in [4.69, 9.17) is 5.73 Å². The molecule has 0 atom stereocenters. The summed E-state index contributed by atoms with van der Waals surface area (Å²) < 4.78 is 0. The highest BCUT2D eigenvalue weighted by Gasteiger charge is 2.12. The predicted octanol–water partition coefficient (Wildman–Crippen LogP) is 2.51. The largest absolute Gasteiger partial charge is 0.330 e. The number of unbranched alkanes of at least 4 members (excludes halogenated alkanes) is 2. The zero-order valence-electron chi connectivity index (χ0n) is 9.01. The van der Waals surface area contributed by atoms with Gasteiger partial charge in [0.1, 0.15) is 5.78 Å². The van der Waals surface area contributed by atoms with E-state index in [0.717, 1.165) is 45.1 Å². The van der Waals surface area contributed by atoms with Crippen LogP contribution in [0.25, 0.3) is 0 Å². The first kappa shape index (κ1) is 12.6. The van der Waals surface area contributed by atoms with E-state index >= 15 is 0 Å². The third kappa shape index (κ3) is 5.81. The van der Waals surface area contributed by atoms with Crippen LogP contribution in [0.5, 0.6) is 0 Å². The number of hydrogen-bond donors (Lipinski definition) is 1. The fraction of sp³-hybridized carbons (Fsp3) is 0.909. The van der Waals surface area contributed by atoms with Crippen molar-refractivity contribution in [2.45, 2.75) is 52.4 Å². The van der Waals surface area contributed by atoms with Gasteiger partial charge in [-0.2, -0.15) is 0 Å². The molecule has 2 heteroatoms. The summed E-state index contributed by atoms with van der Waals surface area (Å²) in [5, 5.41) is 0. The molecule has 0 aliphatic heterocycles. The maximum atomic E-state index is 11.5. The van der Waals surface area contributed by atoms with Crippen LogP contribution in [0.3, 0.4) is 0 Å². The monoisotopic (exact) mass is 185 g/mol. The van der Waals surface area contributed by atoms with Crippen molar-refractivity contribution in [1.29, 1.82) is 0 Å². The van der Waals surface area contributed by atoms with E-state index in [-0.39, 0.29) is 0 Å². The van der Waals surface area contributed by atoms with Gasteiger partial charge < -0.3 is 5.73 Å². The zero-order valence-corrected chi connectivity index (χ0v) is 9.01. The number of ketones is 1. The minimum absolute atomic E-state index is 0.304. The lowest BCUT2D eigenvalue weighted by Gasteiger charge is -2.10. The Morgan fingerprint density at radius 2 is 1.77 bits per heavy atom. The number of hydrogen-bond acceptors (Lipinski definition) is 2. The van der Waals surface area contributed by atoms with E-state index in [1.807, 2.05) is 0 Å². The van der Waals surface area contributed by atoms with Crippen LogP contribution in [0.2, 0.25) is 0 Å². The van der Waals surface area contributed by atoms with Gasteiger partial charge in [-0.25, -0.2) is 0 Å². The molecule has 0 saturated carbocycles. The van der Waals surface area contributed by atoms with Gasteiger partial charge >= 0.3 is 0 Å². The lowest BCUT2D eigenvalue weighted by molar-refractivity contribution is -0.123. The molecule has 0 aliphatic carbocycles. The molecule has 0 saturated heterocycles. The molecule has 2 N–H and O–H groups in total. The highest BCUT2D eigenvalue weighted by atomic mass is 16.1. The SMILES string of the molecule is CCC(CC)C(=O)CCCCCN. The van der Waals surface area contributed by atoms with Crippen LogP contribution >= 0.6 is 0 Å². The third-order valence-corrected chi connectivity index (χ3v) is 2.57. The smallest absolute Gasteiger partial charge is 0.135 e. The molecule has 0 bridgehead atoms. The molecular weight excluding hydrogens is 162 g/mol. The van der Waals surface area contributed by atoms with Gasteiger partial charge in [0.25, 0.3) is 0 Å². The van der Waals surface area contributed by atoms with Crippen molar-refractivity contribution in [2.24, 2.45) is 11.7 Å². The van der Waals surface area contributed by atoms with Crippen LogP contribution in [0.15, 0.2) is 0 Å². The topological polar surface area (TPSA) is 43.1 Å². The van der Waals surface area contributed by atoms with Crippen LogP contribution in [-0.2, 0) is 4.79 Å². The second kappa shape index (κ2) is 8.24. The van der Waals surface area contributed by atoms with Crippen molar-refractivity contribution in [3.05, 3.63) is 0 Å². The Morgan fingerprint density at radius 1 is 1.15 bits per heavy atom. The molecule has 0 fully saturated rings. The maximum absolute atomic E-state index is 11.5. The normalized spacial score (nSPS) is 10.8. The first-order valence-electron chi connectivity index (χ1n) is 5.49. The van der Waals surface area contributed by atoms with Crippen LogP contribution in [0.4, 0.5) is 0 Å². The van der Waals surface area contributed by atoms with E-state index in [0.29, 0.717) is 11.7 Å². The number of Topliss-reactive ketones (excluding diaryl/α,β-unsaturated/α-hetero) is 1. The quantitative estimate of drug-likeness (QED) is 0.590. The summed E-state index contributed by atoms with van der Waals surface area (Å²) >= 11 is 0. The molecule has 0 aromatic carbocycles. The molecule has 0 radical (unpaired) electrons. The fourth-order valence-electron chi connectivity index (χ4n) is 1.57. The summed E-state index contributed by atoms with van der Waals surface area (Å²) in [5.41, 5.74) is 5.37. The standard InChI is InChI=1S/C11H23NO/c1-3-10(4-2)11(13)8-6-5-7-9-12/h10H,3-9,12H2,1-2H3. The fourth-order valence-corrected chi connectivity index (χ4v) is 1.57. The highest BCUT2D eigenvalue weighted by molar-refractivity contribution is 5.80. The average Bonchev–Trinajstić information content (AvgIpc) is 2.14. The van der Waals surface area contributed by atoms with Gasteiger partial charge in [-0.05, 0) is 32.2 Å². The summed E-state index contributed by atoms with van der Waals surface area (Å²) in [4.78, 5) is 11.5. The lowest BCUT2D eigenvalue weighted by Crippen LogP contribution is -2.12. The van der Waals surface area contributed by atoms with E-state index in [1.54, 1.807) is 0 Å². The Kier molecular flexibility index (Phi) is 8.00. The van der Waals surface area contributed by atoms with Gasteiger partial charge in [0.05, 0.1) is 0 Å². The Labute approximate surface area is 81.9 Å². The highest BCUT2D eigenvalue weighted by Crippen LogP contribution is 2.13. The Bertz CT molecular complexity index is 130. The first-order valence-corrected chi connectivity index (χ1v) is 5.49. The van der Waals surface area contributed by atoms with Gasteiger partial charge in [-0.3, -0.25) is 4.79 Å². The van der Waals surface area contributed by atoms with Crippen molar-refractivity contribution in [3.8, 4) is 0 Å². The van der Waals surface area contributed by atoms with E-state index in [9.17, 15) is 4.79 Å². The Hall–Kier alpha value is -0.370. The molecule has 0 rings (SSSR count). The molecular formula is C11H23NO. The van der Waals surface area contributed by atoms with Crippen LogP contribution < -0.4 is 5.73 Å². The predicted molar refractivity (Wildman–Crippen MR) is 56.6 cm³/mol. The number of carbonyl (C=O) groups is 1. The van der Waals surface area contributed by atoms with Crippen molar-refractivity contribution in [2.75, 3.05) is 6.54 Å². The summed E-state index contributed by atoms with van der Waals surface area (Å²) in [6, 6.07) is 0. The average molecular weight is 185 g/mol. The van der Waals surface area contributed by atoms with Crippen molar-refractivity contribution in [1.82, 2.24) is 0 Å². The minimum Gasteiger partial charge on any atom is -0.330 e. The number of carbonyl (C=O) groups excluding carboxylic acids is 1. The van der Waals surface area contributed by atoms with Crippen LogP contribution in [0, 0.1) is 5.92 Å². The number of nitrogens with two attached hydrogens (primary N) is 1. The summed E-state index contributed by atoms with van der Waals surface area (Å²) in [6.07, 6.45) is 5.91. The minimum atomic E-state index is 0.304. The van der Waals surface area contributed by atoms with Gasteiger partial charge in [0.2, 0.25) is 0 Å². The van der Waals surface area contributed by atoms with Crippen LogP contribution in [-0.4, -0.2) is 12.3 Å². The molecule has 0 unspecified atom stereocenters. The summed E-state index contributed by atoms with van der Waals surface area (Å²) in [5.74, 6) is 0.750. The molecule has 0 spiro atoms. The van der Waals surface area contributed by atoms with E-state index in [1.165, 1.54) is 0 Å². The Morgan fingerprint density at radius 3 is 2.23 bits per heavy atom. The molecule has 78 valence electrons. The third-order valence-electron chi connectivity index (χ3n) is 2.57. The molecule has 0 aromatic heterocycles. The second-order valence-corrected chi connectivity index (χ2v) is 3.58. The van der Waals surface area contributed by atoms with Crippen molar-refractivity contribution in [3.63, 3.8) is 0 Å². The molecule has 0 amide bonds. The molecule has 13 heavy (non-hydrogen) atoms. The van der Waals surface area contributed by atoms with Gasteiger partial charge in [0.15, 0.2) is 0 Å². The number of rotatable bonds is 8. The van der Waals surface area contributed by atoms with Crippen LogP contribution in [0.1, 0.15) is 52.4 Å². The maximum Gasteiger partial charge on any atom is 0.135 e. The summed E-state index contributed by atoms with van der Waals surface area (Å²) in [6.45, 7) is 4.93. The van der Waals surface area contributed by atoms with Crippen molar-refractivity contribution < 1.29 is 4.79 Å². The first-order chi connectivity index (χ1) is 6.26. The van der Waals surface area contributed by atoms with E-state index < -0.39 is 0 Å². The van der Waals surface area contributed by atoms with E-state index in [2.05, 4.69) is 13.8 Å². The second-order valence-electron chi connectivity index (χ2n) is 3.58. The molecule has 2 nitrogen and oxygen atoms in total. The molecule has 0 heterocycles. The summed E-state index contributed by atoms with van der Waals surface area (Å²) in [7, 11) is 0. The molecule has 0 aliphatic rings. The van der Waals surface area contributed by atoms with Gasteiger partial charge in [-0.15, -0.1) is 0 Å². The Balaban J connectivity index is 3.48.